The van der Waals surface area contributed by atoms with Crippen LogP contribution in [0.15, 0.2) is 51.7 Å². The van der Waals surface area contributed by atoms with E-state index >= 15 is 0 Å². The molecule has 2 aromatic carbocycles. The summed E-state index contributed by atoms with van der Waals surface area (Å²) in [6, 6.07) is 10.9. The molecule has 3 aromatic rings. The van der Waals surface area contributed by atoms with Crippen LogP contribution in [0.4, 0.5) is 0 Å². The number of halogens is 2. The van der Waals surface area contributed by atoms with Crippen LogP contribution in [0.25, 0.3) is 11.0 Å². The summed E-state index contributed by atoms with van der Waals surface area (Å²) in [4.78, 5) is 23.3. The molecule has 0 aliphatic carbocycles. The lowest BCUT2D eigenvalue weighted by Crippen LogP contribution is -2.17. The predicted molar refractivity (Wildman–Crippen MR) is 94.8 cm³/mol. The molecule has 3 rings (SSSR count). The van der Waals surface area contributed by atoms with E-state index in [-0.39, 0.29) is 17.4 Å². The largest absolute Gasteiger partial charge is 0.482 e. The van der Waals surface area contributed by atoms with Gasteiger partial charge in [-0.3, -0.25) is 0 Å². The second-order valence-corrected chi connectivity index (χ2v) is 6.06. The normalized spacial score (nSPS) is 10.7. The SMILES string of the molecule is Cc1cc(=O)oc2cc(OCC(=O)Oc3ccc(Cl)c(Cl)c3)ccc12. The maximum Gasteiger partial charge on any atom is 0.349 e. The van der Waals surface area contributed by atoms with Crippen molar-refractivity contribution in [3.63, 3.8) is 0 Å². The van der Waals surface area contributed by atoms with Crippen molar-refractivity contribution >= 4 is 40.1 Å². The average molecular weight is 379 g/mol. The fourth-order valence-electron chi connectivity index (χ4n) is 2.24. The Labute approximate surface area is 152 Å². The highest BCUT2D eigenvalue weighted by Crippen LogP contribution is 2.26. The van der Waals surface area contributed by atoms with Gasteiger partial charge in [0.05, 0.1) is 10.0 Å². The van der Waals surface area contributed by atoms with Crippen molar-refractivity contribution in [2.24, 2.45) is 0 Å². The Morgan fingerprint density at radius 2 is 1.80 bits per heavy atom. The lowest BCUT2D eigenvalue weighted by Gasteiger charge is -2.08. The fraction of sp³-hybridized carbons (Fsp3) is 0.111. The van der Waals surface area contributed by atoms with E-state index in [9.17, 15) is 9.59 Å². The van der Waals surface area contributed by atoms with E-state index in [1.54, 1.807) is 18.2 Å². The number of fused-ring (bicyclic) bond motifs is 1. The van der Waals surface area contributed by atoms with Gasteiger partial charge in [0.2, 0.25) is 0 Å². The molecule has 0 atom stereocenters. The van der Waals surface area contributed by atoms with Gasteiger partial charge in [-0.1, -0.05) is 23.2 Å². The minimum atomic E-state index is -0.607. The van der Waals surface area contributed by atoms with E-state index < -0.39 is 11.6 Å². The predicted octanol–water partition coefficient (Wildman–Crippen LogP) is 4.39. The number of benzene rings is 2. The Bertz CT molecular complexity index is 1010. The van der Waals surface area contributed by atoms with Crippen LogP contribution in [0.3, 0.4) is 0 Å². The number of aryl methyl sites for hydroxylation is 1. The van der Waals surface area contributed by atoms with E-state index in [4.69, 9.17) is 37.1 Å². The smallest absolute Gasteiger partial charge is 0.349 e. The van der Waals surface area contributed by atoms with Crippen LogP contribution in [0.5, 0.6) is 11.5 Å². The average Bonchev–Trinajstić information content (AvgIpc) is 2.56. The number of esters is 1. The Hall–Kier alpha value is -2.50. The van der Waals surface area contributed by atoms with Crippen LogP contribution >= 0.6 is 23.2 Å². The standard InChI is InChI=1S/C18H12Cl2O5/c1-10-6-17(21)25-16-8-11(2-4-13(10)16)23-9-18(22)24-12-3-5-14(19)15(20)7-12/h2-8H,9H2,1H3. The van der Waals surface area contributed by atoms with E-state index in [1.807, 2.05) is 6.92 Å². The molecule has 1 aromatic heterocycles. The van der Waals surface area contributed by atoms with Gasteiger partial charge in [-0.25, -0.2) is 9.59 Å². The molecule has 0 unspecified atom stereocenters. The molecule has 1 heterocycles. The second-order valence-electron chi connectivity index (χ2n) is 5.25. The van der Waals surface area contributed by atoms with Gasteiger partial charge < -0.3 is 13.9 Å². The lowest BCUT2D eigenvalue weighted by molar-refractivity contribution is -0.136. The molecule has 0 aliphatic rings. The molecule has 5 nitrogen and oxygen atoms in total. The third-order valence-corrected chi connectivity index (χ3v) is 4.14. The third kappa shape index (κ3) is 4.13. The molecule has 0 saturated carbocycles. The first-order valence-corrected chi connectivity index (χ1v) is 8.01. The molecular weight excluding hydrogens is 367 g/mol. The molecule has 0 fully saturated rings. The van der Waals surface area contributed by atoms with Crippen LogP contribution in [0.2, 0.25) is 10.0 Å². The summed E-state index contributed by atoms with van der Waals surface area (Å²) in [5.74, 6) is 0.0413. The summed E-state index contributed by atoms with van der Waals surface area (Å²) in [5, 5.41) is 1.45. The van der Waals surface area contributed by atoms with E-state index in [2.05, 4.69) is 0 Å². The minimum absolute atomic E-state index is 0.267. The van der Waals surface area contributed by atoms with Crippen molar-refractivity contribution in [2.75, 3.05) is 6.61 Å². The topological polar surface area (TPSA) is 65.7 Å². The molecular formula is C18H12Cl2O5. The Balaban J connectivity index is 1.68. The minimum Gasteiger partial charge on any atom is -0.482 e. The highest BCUT2D eigenvalue weighted by molar-refractivity contribution is 6.42. The zero-order valence-corrected chi connectivity index (χ0v) is 14.6. The van der Waals surface area contributed by atoms with Gasteiger partial charge in [0.15, 0.2) is 6.61 Å². The molecule has 0 N–H and O–H groups in total. The first kappa shape index (κ1) is 17.3. The van der Waals surface area contributed by atoms with Crippen molar-refractivity contribution in [1.82, 2.24) is 0 Å². The first-order valence-electron chi connectivity index (χ1n) is 7.25. The Kier molecular flexibility index (Phi) is 4.97. The van der Waals surface area contributed by atoms with Gasteiger partial charge in [0, 0.05) is 23.6 Å². The van der Waals surface area contributed by atoms with E-state index in [1.165, 1.54) is 24.3 Å². The Morgan fingerprint density at radius 3 is 2.56 bits per heavy atom. The van der Waals surface area contributed by atoms with Crippen LogP contribution in [-0.4, -0.2) is 12.6 Å². The Morgan fingerprint density at radius 1 is 1.04 bits per heavy atom. The summed E-state index contributed by atoms with van der Waals surface area (Å²) in [7, 11) is 0. The molecule has 7 heteroatoms. The first-order chi connectivity index (χ1) is 11.9. The van der Waals surface area contributed by atoms with E-state index in [0.29, 0.717) is 16.4 Å². The van der Waals surface area contributed by atoms with Crippen LogP contribution in [0, 0.1) is 6.92 Å². The fourth-order valence-corrected chi connectivity index (χ4v) is 2.53. The van der Waals surface area contributed by atoms with Crippen molar-refractivity contribution in [1.29, 1.82) is 0 Å². The molecule has 0 amide bonds. The summed E-state index contributed by atoms with van der Waals surface area (Å²) in [6.45, 7) is 1.50. The summed E-state index contributed by atoms with van der Waals surface area (Å²) < 4.78 is 15.6. The molecule has 0 bridgehead atoms. The molecule has 0 aliphatic heterocycles. The van der Waals surface area contributed by atoms with Crippen LogP contribution < -0.4 is 15.1 Å². The lowest BCUT2D eigenvalue weighted by atomic mass is 10.1. The summed E-state index contributed by atoms with van der Waals surface area (Å²) in [5.41, 5.74) is 0.748. The number of rotatable bonds is 4. The molecule has 0 spiro atoms. The van der Waals surface area contributed by atoms with Gasteiger partial charge >= 0.3 is 11.6 Å². The summed E-state index contributed by atoms with van der Waals surface area (Å²) in [6.07, 6.45) is 0. The molecule has 0 radical (unpaired) electrons. The molecule has 0 saturated heterocycles. The van der Waals surface area contributed by atoms with Crippen molar-refractivity contribution in [3.05, 3.63) is 68.5 Å². The number of carbonyl (C=O) groups excluding carboxylic acids is 1. The zero-order chi connectivity index (χ0) is 18.0. The van der Waals surface area contributed by atoms with Crippen molar-refractivity contribution in [3.8, 4) is 11.5 Å². The maximum atomic E-state index is 11.9. The quantitative estimate of drug-likeness (QED) is 0.382. The highest BCUT2D eigenvalue weighted by atomic mass is 35.5. The van der Waals surface area contributed by atoms with Crippen LogP contribution in [0.1, 0.15) is 5.56 Å². The van der Waals surface area contributed by atoms with Crippen molar-refractivity contribution < 1.29 is 18.7 Å². The highest BCUT2D eigenvalue weighted by Gasteiger charge is 2.09. The van der Waals surface area contributed by atoms with Gasteiger partial charge in [-0.15, -0.1) is 0 Å². The number of carbonyl (C=O) groups is 1. The molecule has 25 heavy (non-hydrogen) atoms. The second kappa shape index (κ2) is 7.17. The summed E-state index contributed by atoms with van der Waals surface area (Å²) >= 11 is 11.7. The van der Waals surface area contributed by atoms with Gasteiger partial charge in [-0.2, -0.15) is 0 Å². The maximum absolute atomic E-state index is 11.9. The number of hydrogen-bond acceptors (Lipinski definition) is 5. The van der Waals surface area contributed by atoms with Gasteiger partial charge in [0.1, 0.15) is 17.1 Å². The van der Waals surface area contributed by atoms with Gasteiger partial charge in [0.25, 0.3) is 0 Å². The van der Waals surface area contributed by atoms with E-state index in [0.717, 1.165) is 10.9 Å². The molecule has 128 valence electrons. The van der Waals surface area contributed by atoms with Crippen molar-refractivity contribution in [2.45, 2.75) is 6.92 Å². The zero-order valence-electron chi connectivity index (χ0n) is 13.0. The number of hydrogen-bond donors (Lipinski definition) is 0. The number of ether oxygens (including phenoxy) is 2. The van der Waals surface area contributed by atoms with Crippen LogP contribution in [-0.2, 0) is 4.79 Å². The third-order valence-electron chi connectivity index (χ3n) is 3.40. The monoisotopic (exact) mass is 378 g/mol. The van der Waals surface area contributed by atoms with Gasteiger partial charge in [-0.05, 0) is 36.8 Å².